The number of rotatable bonds is 3. The Morgan fingerprint density at radius 2 is 2.04 bits per heavy atom. The zero-order chi connectivity index (χ0) is 19.7. The van der Waals surface area contributed by atoms with Gasteiger partial charge in [-0.05, 0) is 43.5 Å². The number of aliphatic imine (C=N–C) groups is 1. The van der Waals surface area contributed by atoms with E-state index in [9.17, 15) is 4.79 Å². The number of hydrogen-bond acceptors (Lipinski definition) is 2. The van der Waals surface area contributed by atoms with Crippen LogP contribution in [0.2, 0.25) is 0 Å². The minimum atomic E-state index is -0.513. The van der Waals surface area contributed by atoms with Gasteiger partial charge in [0.1, 0.15) is 5.54 Å². The minimum Gasteiger partial charge on any atom is -0.326 e. The Morgan fingerprint density at radius 3 is 2.79 bits per heavy atom. The summed E-state index contributed by atoms with van der Waals surface area (Å²) in [6, 6.07) is 13.5. The van der Waals surface area contributed by atoms with Crippen molar-refractivity contribution in [2.75, 3.05) is 0 Å². The van der Waals surface area contributed by atoms with E-state index in [1.807, 2.05) is 42.5 Å². The van der Waals surface area contributed by atoms with Crippen molar-refractivity contribution in [1.29, 1.82) is 0 Å². The predicted molar refractivity (Wildman–Crippen MR) is 117 cm³/mol. The van der Waals surface area contributed by atoms with E-state index in [2.05, 4.69) is 31.0 Å². The number of benzene rings is 1. The Balaban J connectivity index is 1.83. The molecule has 4 rings (SSSR count). The van der Waals surface area contributed by atoms with E-state index in [4.69, 9.17) is 16.6 Å². The number of H-pyrrole nitrogens is 1. The Morgan fingerprint density at radius 1 is 1.25 bits per heavy atom. The molecule has 2 aromatic rings. The summed E-state index contributed by atoms with van der Waals surface area (Å²) in [5, 5.41) is 0.580. The van der Waals surface area contributed by atoms with Gasteiger partial charge >= 0.3 is 0 Å². The van der Waals surface area contributed by atoms with Gasteiger partial charge < -0.3 is 4.98 Å². The fourth-order valence-electron chi connectivity index (χ4n) is 4.57. The molecule has 1 N–H and O–H groups in total. The second-order valence-corrected chi connectivity index (χ2v) is 7.95. The monoisotopic (exact) mass is 390 g/mol. The summed E-state index contributed by atoms with van der Waals surface area (Å²) in [5.74, 6) is 0.248. The number of pyridine rings is 1. The van der Waals surface area contributed by atoms with Crippen LogP contribution in [-0.4, -0.2) is 11.2 Å². The second-order valence-electron chi connectivity index (χ2n) is 7.52. The van der Waals surface area contributed by atoms with Gasteiger partial charge in [-0.25, -0.2) is 0 Å². The maximum absolute atomic E-state index is 11.9. The largest absolute Gasteiger partial charge is 0.326 e. The quantitative estimate of drug-likeness (QED) is 0.554. The molecule has 0 saturated carbocycles. The third-order valence-corrected chi connectivity index (χ3v) is 5.80. The molecular weight excluding hydrogens is 368 g/mol. The normalized spacial score (nSPS) is 25.7. The number of allylic oxidation sites excluding steroid dienone is 3. The van der Waals surface area contributed by atoms with Gasteiger partial charge in [-0.15, -0.1) is 0 Å². The van der Waals surface area contributed by atoms with Crippen LogP contribution in [0.5, 0.6) is 0 Å². The molecule has 0 radical (unpaired) electrons. The first-order valence-electron chi connectivity index (χ1n) is 9.56. The van der Waals surface area contributed by atoms with E-state index in [0.29, 0.717) is 5.03 Å². The molecule has 1 aromatic carbocycles. The van der Waals surface area contributed by atoms with Crippen LogP contribution in [0.3, 0.4) is 0 Å². The van der Waals surface area contributed by atoms with Crippen LogP contribution >= 0.6 is 11.6 Å². The number of aromatic amines is 1. The molecule has 0 saturated heterocycles. The Bertz CT molecular complexity index is 1080. The van der Waals surface area contributed by atoms with Crippen molar-refractivity contribution in [3.05, 3.63) is 98.0 Å². The fourth-order valence-corrected chi connectivity index (χ4v) is 4.74. The molecule has 142 valence electrons. The number of fused-ring (bicyclic) bond motifs is 4. The number of nitrogens with zero attached hydrogens (tertiary/aromatic N) is 1. The van der Waals surface area contributed by atoms with Gasteiger partial charge in [-0.2, -0.15) is 0 Å². The van der Waals surface area contributed by atoms with Gasteiger partial charge in [0.2, 0.25) is 5.56 Å². The number of nitrogens with one attached hydrogen (secondary N) is 1. The molecule has 2 aliphatic rings. The average molecular weight is 391 g/mol. The number of aromatic nitrogens is 1. The van der Waals surface area contributed by atoms with Crippen LogP contribution in [0.15, 0.2) is 80.6 Å². The van der Waals surface area contributed by atoms with E-state index < -0.39 is 5.54 Å². The van der Waals surface area contributed by atoms with Gasteiger partial charge in [0.05, 0.1) is 5.03 Å². The van der Waals surface area contributed by atoms with Crippen LogP contribution in [0.25, 0.3) is 6.08 Å². The third kappa shape index (κ3) is 3.31. The van der Waals surface area contributed by atoms with Gasteiger partial charge in [-0.3, -0.25) is 9.79 Å². The van der Waals surface area contributed by atoms with Crippen LogP contribution in [0, 0.1) is 5.92 Å². The van der Waals surface area contributed by atoms with Crippen LogP contribution < -0.4 is 5.56 Å². The Kier molecular flexibility index (Phi) is 4.94. The standard InChI is InChI=1S/C24H23ClN2O/c1-3-20-18-11-16(2)14-24(20,21-9-10-23(28)27-22(21)13-18)26-15-19(25)12-17-7-5-4-6-8-17/h3-12,15,18H,13-14H2,1-2H3,(H,27,28)/b19-12-,20-3+,26-15?/t18-,24+/m0/s1. The zero-order valence-corrected chi connectivity index (χ0v) is 16.8. The predicted octanol–water partition coefficient (Wildman–Crippen LogP) is 5.39. The summed E-state index contributed by atoms with van der Waals surface area (Å²) < 4.78 is 0. The van der Waals surface area contributed by atoms with E-state index >= 15 is 0 Å². The van der Waals surface area contributed by atoms with Crippen molar-refractivity contribution in [3.63, 3.8) is 0 Å². The van der Waals surface area contributed by atoms with Crippen LogP contribution in [-0.2, 0) is 12.0 Å². The van der Waals surface area contributed by atoms with Crippen molar-refractivity contribution >= 4 is 23.9 Å². The second kappa shape index (κ2) is 7.40. The first-order valence-corrected chi connectivity index (χ1v) is 9.94. The molecule has 1 heterocycles. The molecule has 3 nitrogen and oxygen atoms in total. The first kappa shape index (κ1) is 18.7. The molecule has 2 atom stereocenters. The average Bonchev–Trinajstić information content (AvgIpc) is 2.66. The van der Waals surface area contributed by atoms with Gasteiger partial charge in [-0.1, -0.05) is 59.7 Å². The summed E-state index contributed by atoms with van der Waals surface area (Å²) in [5.41, 5.74) is 5.10. The number of halogens is 1. The molecule has 0 aliphatic heterocycles. The molecule has 0 unspecified atom stereocenters. The van der Waals surface area contributed by atoms with Crippen molar-refractivity contribution < 1.29 is 0 Å². The molecule has 0 amide bonds. The topological polar surface area (TPSA) is 45.2 Å². The smallest absolute Gasteiger partial charge is 0.248 e. The maximum atomic E-state index is 11.9. The van der Waals surface area contributed by atoms with Gasteiger partial charge in [0.15, 0.2) is 0 Å². The molecular formula is C24H23ClN2O. The Hall–Kier alpha value is -2.65. The molecule has 2 aliphatic carbocycles. The highest BCUT2D eigenvalue weighted by atomic mass is 35.5. The summed E-state index contributed by atoms with van der Waals surface area (Å²) in [7, 11) is 0. The molecule has 4 heteroatoms. The molecule has 1 aromatic heterocycles. The third-order valence-electron chi connectivity index (χ3n) is 5.59. The first-order chi connectivity index (χ1) is 13.5. The highest BCUT2D eigenvalue weighted by molar-refractivity contribution is 6.41. The van der Waals surface area contributed by atoms with E-state index in [1.54, 1.807) is 12.3 Å². The molecule has 28 heavy (non-hydrogen) atoms. The van der Waals surface area contributed by atoms with Crippen LogP contribution in [0.1, 0.15) is 37.1 Å². The van der Waals surface area contributed by atoms with E-state index in [-0.39, 0.29) is 11.5 Å². The maximum Gasteiger partial charge on any atom is 0.248 e. The van der Waals surface area contributed by atoms with Gasteiger partial charge in [0, 0.05) is 35.9 Å². The summed E-state index contributed by atoms with van der Waals surface area (Å²) in [6.45, 7) is 4.22. The lowest BCUT2D eigenvalue weighted by molar-refractivity contribution is 0.413. The lowest BCUT2D eigenvalue weighted by Crippen LogP contribution is -2.40. The number of hydrogen-bond donors (Lipinski definition) is 1. The van der Waals surface area contributed by atoms with Gasteiger partial charge in [0.25, 0.3) is 0 Å². The lowest BCUT2D eigenvalue weighted by atomic mass is 9.63. The van der Waals surface area contributed by atoms with E-state index in [0.717, 1.165) is 29.7 Å². The summed E-state index contributed by atoms with van der Waals surface area (Å²) in [4.78, 5) is 20.0. The zero-order valence-electron chi connectivity index (χ0n) is 16.1. The van der Waals surface area contributed by atoms with Crippen LogP contribution in [0.4, 0.5) is 0 Å². The minimum absolute atomic E-state index is 0.0670. The molecule has 2 bridgehead atoms. The molecule has 0 fully saturated rings. The highest BCUT2D eigenvalue weighted by Crippen LogP contribution is 2.51. The lowest BCUT2D eigenvalue weighted by Gasteiger charge is -2.45. The Labute approximate surface area is 170 Å². The van der Waals surface area contributed by atoms with Crippen molar-refractivity contribution in [1.82, 2.24) is 4.98 Å². The summed E-state index contributed by atoms with van der Waals surface area (Å²) in [6.07, 6.45) is 9.73. The van der Waals surface area contributed by atoms with Crippen molar-refractivity contribution in [2.45, 2.75) is 32.2 Å². The van der Waals surface area contributed by atoms with Crippen molar-refractivity contribution in [2.24, 2.45) is 10.9 Å². The SMILES string of the molecule is C/C=C1\[C@H]2C=C(C)C[C@]1(N=C/C(Cl)=C/c1ccccc1)c1ccc(=O)[nH]c1C2. The van der Waals surface area contributed by atoms with Crippen molar-refractivity contribution in [3.8, 4) is 0 Å². The summed E-state index contributed by atoms with van der Waals surface area (Å²) >= 11 is 6.51. The fraction of sp³-hybridized carbons (Fsp3) is 0.250. The highest BCUT2D eigenvalue weighted by Gasteiger charge is 2.46. The van der Waals surface area contributed by atoms with E-state index in [1.165, 1.54) is 11.1 Å². The molecule has 0 spiro atoms.